The molecule has 0 radical (unpaired) electrons. The summed E-state index contributed by atoms with van der Waals surface area (Å²) in [5, 5.41) is -1.14. The fourth-order valence-corrected chi connectivity index (χ4v) is 5.27. The molecule has 0 N–H and O–H groups in total. The van der Waals surface area contributed by atoms with Crippen LogP contribution >= 0.6 is 11.6 Å². The maximum atomic E-state index is 14.6. The van der Waals surface area contributed by atoms with Gasteiger partial charge in [-0.25, -0.2) is 22.0 Å². The predicted octanol–water partition coefficient (Wildman–Crippen LogP) is 5.64. The summed E-state index contributed by atoms with van der Waals surface area (Å²) in [6, 6.07) is 7.99. The molecule has 3 atom stereocenters. The quantitative estimate of drug-likeness (QED) is 0.498. The van der Waals surface area contributed by atoms with Gasteiger partial charge in [0.1, 0.15) is 11.6 Å². The van der Waals surface area contributed by atoms with Gasteiger partial charge in [0.2, 0.25) is 0 Å². The highest BCUT2D eigenvalue weighted by Crippen LogP contribution is 2.37. The second-order valence-electron chi connectivity index (χ2n) is 7.51. The molecule has 0 spiro atoms. The fourth-order valence-electron chi connectivity index (χ4n) is 3.13. The molecule has 0 aliphatic rings. The van der Waals surface area contributed by atoms with Gasteiger partial charge in [0, 0.05) is 29.6 Å². The summed E-state index contributed by atoms with van der Waals surface area (Å²) in [5.41, 5.74) is -0.325. The minimum Gasteiger partial charge on any atom is -0.449 e. The number of rotatable bonds is 8. The first-order chi connectivity index (χ1) is 14.5. The molecule has 0 fully saturated rings. The van der Waals surface area contributed by atoms with Crippen molar-refractivity contribution in [1.82, 2.24) is 4.90 Å². The standard InChI is InChI=1S/C22H26ClF2NO4S/c1-5-15(3)26(4)22(27)30-13-14(2)21(19-12-17(24)8-11-20(19)25)31(28,29)18-9-6-16(23)7-10-18/h6-12,14-15,21H,5,13H2,1-4H3/t14-,15?,21+/m1/s1. The molecule has 9 heteroatoms. The number of amides is 1. The highest BCUT2D eigenvalue weighted by atomic mass is 35.5. The van der Waals surface area contributed by atoms with Gasteiger partial charge in [-0.3, -0.25) is 0 Å². The van der Waals surface area contributed by atoms with Gasteiger partial charge in [0.25, 0.3) is 0 Å². The number of hydrogen-bond donors (Lipinski definition) is 0. The van der Waals surface area contributed by atoms with E-state index in [4.69, 9.17) is 16.3 Å². The van der Waals surface area contributed by atoms with Crippen LogP contribution in [-0.2, 0) is 14.6 Å². The maximum Gasteiger partial charge on any atom is 0.409 e. The van der Waals surface area contributed by atoms with E-state index in [1.54, 1.807) is 7.05 Å². The lowest BCUT2D eigenvalue weighted by atomic mass is 10.0. The maximum absolute atomic E-state index is 14.6. The molecular formula is C22H26ClF2NO4S. The van der Waals surface area contributed by atoms with E-state index in [1.165, 1.54) is 36.1 Å². The summed E-state index contributed by atoms with van der Waals surface area (Å²) in [6.07, 6.45) is 0.0898. The Morgan fingerprint density at radius 2 is 1.74 bits per heavy atom. The van der Waals surface area contributed by atoms with E-state index >= 15 is 0 Å². The van der Waals surface area contributed by atoms with Crippen molar-refractivity contribution in [3.8, 4) is 0 Å². The van der Waals surface area contributed by atoms with Gasteiger partial charge in [0.05, 0.1) is 16.8 Å². The number of sulfone groups is 1. The number of carbonyl (C=O) groups excluding carboxylic acids is 1. The largest absolute Gasteiger partial charge is 0.449 e. The zero-order chi connectivity index (χ0) is 23.3. The van der Waals surface area contributed by atoms with E-state index in [2.05, 4.69) is 0 Å². The van der Waals surface area contributed by atoms with E-state index in [-0.39, 0.29) is 23.1 Å². The van der Waals surface area contributed by atoms with Gasteiger partial charge in [-0.15, -0.1) is 0 Å². The molecule has 31 heavy (non-hydrogen) atoms. The Hall–Kier alpha value is -2.19. The molecule has 0 aliphatic heterocycles. The van der Waals surface area contributed by atoms with Gasteiger partial charge < -0.3 is 9.64 Å². The van der Waals surface area contributed by atoms with Crippen molar-refractivity contribution in [3.05, 3.63) is 64.7 Å². The van der Waals surface area contributed by atoms with Crippen molar-refractivity contribution in [2.24, 2.45) is 5.92 Å². The number of nitrogens with zero attached hydrogens (tertiary/aromatic N) is 1. The lowest BCUT2D eigenvalue weighted by molar-refractivity contribution is 0.0858. The van der Waals surface area contributed by atoms with Crippen LogP contribution in [0.5, 0.6) is 0 Å². The third kappa shape index (κ3) is 5.95. The minimum absolute atomic E-state index is 0.0722. The first kappa shape index (κ1) is 25.1. The Balaban J connectivity index is 2.42. The van der Waals surface area contributed by atoms with Crippen LogP contribution in [0.15, 0.2) is 47.4 Å². The molecular weight excluding hydrogens is 448 g/mol. The van der Waals surface area contributed by atoms with Gasteiger partial charge in [0.15, 0.2) is 9.84 Å². The Morgan fingerprint density at radius 1 is 1.13 bits per heavy atom. The number of halogens is 3. The molecule has 5 nitrogen and oxygen atoms in total. The minimum atomic E-state index is -4.17. The molecule has 0 saturated heterocycles. The monoisotopic (exact) mass is 473 g/mol. The molecule has 2 aromatic rings. The fraction of sp³-hybridized carbons (Fsp3) is 0.409. The summed E-state index contributed by atoms with van der Waals surface area (Å²) in [5.74, 6) is -2.50. The van der Waals surface area contributed by atoms with Crippen LogP contribution in [0.1, 0.15) is 38.0 Å². The first-order valence-electron chi connectivity index (χ1n) is 9.83. The first-order valence-corrected chi connectivity index (χ1v) is 11.8. The molecule has 0 saturated carbocycles. The Labute approximate surface area is 186 Å². The van der Waals surface area contributed by atoms with Gasteiger partial charge in [-0.05, 0) is 55.8 Å². The second-order valence-corrected chi connectivity index (χ2v) is 10.0. The van der Waals surface area contributed by atoms with Crippen molar-refractivity contribution in [3.63, 3.8) is 0 Å². The van der Waals surface area contributed by atoms with Gasteiger partial charge >= 0.3 is 6.09 Å². The topological polar surface area (TPSA) is 63.7 Å². The normalized spacial score (nSPS) is 14.5. The van der Waals surface area contributed by atoms with Crippen molar-refractivity contribution in [1.29, 1.82) is 0 Å². The smallest absolute Gasteiger partial charge is 0.409 e. The third-order valence-electron chi connectivity index (χ3n) is 5.27. The number of ether oxygens (including phenoxy) is 1. The molecule has 2 rings (SSSR count). The van der Waals surface area contributed by atoms with Crippen molar-refractivity contribution < 1.29 is 26.7 Å². The third-order valence-corrected chi connectivity index (χ3v) is 7.84. The van der Waals surface area contributed by atoms with E-state index in [1.807, 2.05) is 13.8 Å². The molecule has 170 valence electrons. The van der Waals surface area contributed by atoms with E-state index < -0.39 is 38.7 Å². The van der Waals surface area contributed by atoms with Crippen molar-refractivity contribution >= 4 is 27.5 Å². The molecule has 0 bridgehead atoms. The molecule has 0 heterocycles. The summed E-state index contributed by atoms with van der Waals surface area (Å²) in [7, 11) is -2.59. The molecule has 0 aromatic heterocycles. The highest BCUT2D eigenvalue weighted by molar-refractivity contribution is 7.91. The van der Waals surface area contributed by atoms with Crippen LogP contribution in [0.4, 0.5) is 13.6 Å². The lowest BCUT2D eigenvalue weighted by Crippen LogP contribution is -2.36. The molecule has 2 aromatic carbocycles. The van der Waals surface area contributed by atoms with Crippen LogP contribution in [0.3, 0.4) is 0 Å². The Morgan fingerprint density at radius 3 is 2.32 bits per heavy atom. The van der Waals surface area contributed by atoms with E-state index in [0.29, 0.717) is 11.4 Å². The number of benzene rings is 2. The Kier molecular flexibility index (Phi) is 8.42. The van der Waals surface area contributed by atoms with Gasteiger partial charge in [-0.2, -0.15) is 0 Å². The average Bonchev–Trinajstić information content (AvgIpc) is 2.73. The van der Waals surface area contributed by atoms with Crippen LogP contribution < -0.4 is 0 Å². The Bertz CT molecular complexity index is 1010. The molecule has 1 unspecified atom stereocenters. The lowest BCUT2D eigenvalue weighted by Gasteiger charge is -2.27. The van der Waals surface area contributed by atoms with E-state index in [9.17, 15) is 22.0 Å². The van der Waals surface area contributed by atoms with Crippen LogP contribution in [-0.4, -0.2) is 39.1 Å². The summed E-state index contributed by atoms with van der Waals surface area (Å²) >= 11 is 5.85. The molecule has 1 amide bonds. The average molecular weight is 474 g/mol. The van der Waals surface area contributed by atoms with Gasteiger partial charge in [-0.1, -0.05) is 25.4 Å². The number of hydrogen-bond acceptors (Lipinski definition) is 4. The second kappa shape index (κ2) is 10.4. The summed E-state index contributed by atoms with van der Waals surface area (Å²) in [6.45, 7) is 4.98. The van der Waals surface area contributed by atoms with Crippen molar-refractivity contribution in [2.75, 3.05) is 13.7 Å². The zero-order valence-electron chi connectivity index (χ0n) is 17.8. The summed E-state index contributed by atoms with van der Waals surface area (Å²) in [4.78, 5) is 13.6. The van der Waals surface area contributed by atoms with Crippen LogP contribution in [0, 0.1) is 17.6 Å². The highest BCUT2D eigenvalue weighted by Gasteiger charge is 2.37. The summed E-state index contributed by atoms with van der Waals surface area (Å²) < 4.78 is 60.6. The number of carbonyl (C=O) groups is 1. The predicted molar refractivity (Wildman–Crippen MR) is 116 cm³/mol. The zero-order valence-corrected chi connectivity index (χ0v) is 19.4. The van der Waals surface area contributed by atoms with Crippen LogP contribution in [0.25, 0.3) is 0 Å². The van der Waals surface area contributed by atoms with Crippen LogP contribution in [0.2, 0.25) is 5.02 Å². The molecule has 0 aliphatic carbocycles. The SMILES string of the molecule is CCC(C)N(C)C(=O)OC[C@@H](C)[C@@H](c1cc(F)ccc1F)S(=O)(=O)c1ccc(Cl)cc1. The van der Waals surface area contributed by atoms with E-state index in [0.717, 1.165) is 18.2 Å². The van der Waals surface area contributed by atoms with Crippen molar-refractivity contribution in [2.45, 2.75) is 43.4 Å².